The molecule has 1 aromatic carbocycles. The Morgan fingerprint density at radius 1 is 1.15 bits per heavy atom. The van der Waals surface area contributed by atoms with Crippen LogP contribution in [0.15, 0.2) is 41.8 Å². The third-order valence-electron chi connectivity index (χ3n) is 3.50. The number of anilines is 1. The van der Waals surface area contributed by atoms with Gasteiger partial charge in [0.05, 0.1) is 6.04 Å². The van der Waals surface area contributed by atoms with Gasteiger partial charge in [0.2, 0.25) is 0 Å². The van der Waals surface area contributed by atoms with Crippen LogP contribution < -0.4 is 15.4 Å². The number of benzene rings is 1. The van der Waals surface area contributed by atoms with Gasteiger partial charge in [0, 0.05) is 17.1 Å². The smallest absolute Gasteiger partial charge is 0.406 e. The maximum Gasteiger partial charge on any atom is 0.573 e. The molecule has 1 unspecified atom stereocenters. The molecule has 0 aliphatic heterocycles. The van der Waals surface area contributed by atoms with Crippen molar-refractivity contribution in [3.8, 4) is 5.75 Å². The number of likely N-dealkylation sites (N-methyl/N-ethyl adjacent to an activating group) is 1. The molecule has 2 amide bonds. The molecule has 1 aromatic heterocycles. The number of nitrogens with one attached hydrogen (secondary N) is 2. The molecule has 146 valence electrons. The highest BCUT2D eigenvalue weighted by Gasteiger charge is 2.31. The SMILES string of the molecule is CN(C)C(CNC(=O)C(=O)Nc1ccc(OC(F)(F)F)cc1)c1cccs1. The molecule has 0 aliphatic carbocycles. The fourth-order valence-electron chi connectivity index (χ4n) is 2.22. The van der Waals surface area contributed by atoms with Crippen molar-refractivity contribution in [1.82, 2.24) is 10.2 Å². The van der Waals surface area contributed by atoms with E-state index in [9.17, 15) is 22.8 Å². The average Bonchev–Trinajstić information content (AvgIpc) is 3.09. The maximum atomic E-state index is 12.1. The van der Waals surface area contributed by atoms with Crippen molar-refractivity contribution in [2.45, 2.75) is 12.4 Å². The Kier molecular flexibility index (Phi) is 6.81. The van der Waals surface area contributed by atoms with Crippen molar-refractivity contribution in [2.24, 2.45) is 0 Å². The molecule has 0 fully saturated rings. The zero-order chi connectivity index (χ0) is 20.0. The molecule has 0 saturated heterocycles. The summed E-state index contributed by atoms with van der Waals surface area (Å²) >= 11 is 1.54. The van der Waals surface area contributed by atoms with Gasteiger partial charge < -0.3 is 20.3 Å². The lowest BCUT2D eigenvalue weighted by atomic mass is 10.2. The zero-order valence-corrected chi connectivity index (χ0v) is 15.4. The first-order valence-electron chi connectivity index (χ1n) is 7.80. The summed E-state index contributed by atoms with van der Waals surface area (Å²) in [6, 6.07) is 8.25. The van der Waals surface area contributed by atoms with E-state index in [1.165, 1.54) is 12.1 Å². The summed E-state index contributed by atoms with van der Waals surface area (Å²) in [7, 11) is 3.72. The van der Waals surface area contributed by atoms with Gasteiger partial charge in [-0.2, -0.15) is 0 Å². The molecule has 1 heterocycles. The molecule has 6 nitrogen and oxygen atoms in total. The van der Waals surface area contributed by atoms with E-state index >= 15 is 0 Å². The quantitative estimate of drug-likeness (QED) is 0.730. The Morgan fingerprint density at radius 3 is 2.33 bits per heavy atom. The summed E-state index contributed by atoms with van der Waals surface area (Å²) < 4.78 is 40.1. The topological polar surface area (TPSA) is 70.7 Å². The van der Waals surface area contributed by atoms with Crippen LogP contribution in [0, 0.1) is 0 Å². The molecule has 27 heavy (non-hydrogen) atoms. The summed E-state index contributed by atoms with van der Waals surface area (Å²) in [6.45, 7) is 0.234. The van der Waals surface area contributed by atoms with Gasteiger partial charge in [-0.1, -0.05) is 6.07 Å². The van der Waals surface area contributed by atoms with Crippen molar-refractivity contribution >= 4 is 28.8 Å². The van der Waals surface area contributed by atoms with Crippen LogP contribution in [-0.4, -0.2) is 43.7 Å². The van der Waals surface area contributed by atoms with Gasteiger partial charge in [0.1, 0.15) is 5.75 Å². The summed E-state index contributed by atoms with van der Waals surface area (Å²) in [5.41, 5.74) is 0.173. The number of amides is 2. The predicted octanol–water partition coefficient (Wildman–Crippen LogP) is 3.00. The second-order valence-corrected chi connectivity index (χ2v) is 6.71. The first-order chi connectivity index (χ1) is 12.7. The minimum absolute atomic E-state index is 0.0828. The summed E-state index contributed by atoms with van der Waals surface area (Å²) in [5.74, 6) is -2.17. The second kappa shape index (κ2) is 8.87. The van der Waals surface area contributed by atoms with Gasteiger partial charge in [0.15, 0.2) is 0 Å². The van der Waals surface area contributed by atoms with E-state index in [2.05, 4.69) is 15.4 Å². The van der Waals surface area contributed by atoms with Gasteiger partial charge in [0.25, 0.3) is 0 Å². The van der Waals surface area contributed by atoms with Crippen LogP contribution in [0.3, 0.4) is 0 Å². The number of halogens is 3. The van der Waals surface area contributed by atoms with Crippen molar-refractivity contribution in [3.63, 3.8) is 0 Å². The van der Waals surface area contributed by atoms with Crippen molar-refractivity contribution in [3.05, 3.63) is 46.7 Å². The molecular weight excluding hydrogens is 383 g/mol. The summed E-state index contributed by atoms with van der Waals surface area (Å²) in [6.07, 6.45) is -4.80. The zero-order valence-electron chi connectivity index (χ0n) is 14.5. The largest absolute Gasteiger partial charge is 0.573 e. The number of hydrogen-bond acceptors (Lipinski definition) is 5. The van der Waals surface area contributed by atoms with E-state index in [0.717, 1.165) is 17.0 Å². The number of alkyl halides is 3. The lowest BCUT2D eigenvalue weighted by molar-refractivity contribution is -0.274. The third-order valence-corrected chi connectivity index (χ3v) is 4.48. The van der Waals surface area contributed by atoms with Crippen molar-refractivity contribution in [1.29, 1.82) is 0 Å². The number of thiophene rings is 1. The Bertz CT molecular complexity index is 762. The van der Waals surface area contributed by atoms with Gasteiger partial charge in [-0.15, -0.1) is 24.5 Å². The van der Waals surface area contributed by atoms with Crippen LogP contribution in [0.5, 0.6) is 5.75 Å². The van der Waals surface area contributed by atoms with Crippen molar-refractivity contribution < 1.29 is 27.5 Å². The van der Waals surface area contributed by atoms with Gasteiger partial charge in [-0.3, -0.25) is 9.59 Å². The van der Waals surface area contributed by atoms with Gasteiger partial charge in [-0.25, -0.2) is 0 Å². The molecular formula is C17H18F3N3O3S. The van der Waals surface area contributed by atoms with E-state index in [1.54, 1.807) is 11.3 Å². The minimum atomic E-state index is -4.80. The Labute approximate surface area is 157 Å². The monoisotopic (exact) mass is 401 g/mol. The standard InChI is InChI=1S/C17H18F3N3O3S/c1-23(2)13(14-4-3-9-27-14)10-21-15(24)16(25)22-11-5-7-12(8-6-11)26-17(18,19)20/h3-9,13H,10H2,1-2H3,(H,21,24)(H,22,25). The molecule has 0 bridgehead atoms. The molecule has 1 atom stereocenters. The molecule has 10 heteroatoms. The van der Waals surface area contributed by atoms with Gasteiger partial charge in [-0.05, 0) is 49.8 Å². The maximum absolute atomic E-state index is 12.1. The first kappa shape index (κ1) is 20.7. The van der Waals surface area contributed by atoms with E-state index < -0.39 is 23.9 Å². The molecule has 2 aromatic rings. The van der Waals surface area contributed by atoms with Crippen LogP contribution in [0.2, 0.25) is 0 Å². The molecule has 2 N–H and O–H groups in total. The Morgan fingerprint density at radius 2 is 1.81 bits per heavy atom. The number of carbonyl (C=O) groups excluding carboxylic acids is 2. The van der Waals surface area contributed by atoms with Gasteiger partial charge >= 0.3 is 18.2 Å². The highest BCUT2D eigenvalue weighted by atomic mass is 32.1. The lowest BCUT2D eigenvalue weighted by Crippen LogP contribution is -2.40. The van der Waals surface area contributed by atoms with E-state index in [0.29, 0.717) is 0 Å². The molecule has 0 spiro atoms. The number of ether oxygens (including phenoxy) is 1. The highest BCUT2D eigenvalue weighted by Crippen LogP contribution is 2.24. The van der Waals surface area contributed by atoms with Crippen LogP contribution in [-0.2, 0) is 9.59 Å². The van der Waals surface area contributed by atoms with Crippen LogP contribution in [0.25, 0.3) is 0 Å². The fraction of sp³-hybridized carbons (Fsp3) is 0.294. The highest BCUT2D eigenvalue weighted by molar-refractivity contribution is 7.10. The van der Waals surface area contributed by atoms with E-state index in [-0.39, 0.29) is 18.3 Å². The Balaban J connectivity index is 1.89. The molecule has 0 saturated carbocycles. The normalized spacial score (nSPS) is 12.5. The first-order valence-corrected chi connectivity index (χ1v) is 8.68. The fourth-order valence-corrected chi connectivity index (χ4v) is 3.14. The second-order valence-electron chi connectivity index (χ2n) is 5.73. The number of carbonyl (C=O) groups is 2. The summed E-state index contributed by atoms with van der Waals surface area (Å²) in [5, 5.41) is 6.80. The lowest BCUT2D eigenvalue weighted by Gasteiger charge is -2.23. The number of rotatable bonds is 6. The molecule has 0 radical (unpaired) electrons. The van der Waals surface area contributed by atoms with Crippen LogP contribution >= 0.6 is 11.3 Å². The minimum Gasteiger partial charge on any atom is -0.406 e. The Hall–Kier alpha value is -2.59. The third kappa shape index (κ3) is 6.57. The van der Waals surface area contributed by atoms with Crippen LogP contribution in [0.4, 0.5) is 18.9 Å². The van der Waals surface area contributed by atoms with E-state index in [4.69, 9.17) is 0 Å². The molecule has 2 rings (SSSR count). The van der Waals surface area contributed by atoms with Crippen LogP contribution in [0.1, 0.15) is 10.9 Å². The number of nitrogens with zero attached hydrogens (tertiary/aromatic N) is 1. The van der Waals surface area contributed by atoms with Crippen molar-refractivity contribution in [2.75, 3.05) is 26.0 Å². The van der Waals surface area contributed by atoms with E-state index in [1.807, 2.05) is 36.5 Å². The molecule has 0 aliphatic rings. The predicted molar refractivity (Wildman–Crippen MR) is 95.5 cm³/mol. The summed E-state index contributed by atoms with van der Waals surface area (Å²) in [4.78, 5) is 26.9. The number of hydrogen-bond donors (Lipinski definition) is 2. The average molecular weight is 401 g/mol.